The lowest BCUT2D eigenvalue weighted by Gasteiger charge is -2.36. The van der Waals surface area contributed by atoms with Gasteiger partial charge in [0.25, 0.3) is 5.91 Å². The molecule has 3 aliphatic rings. The number of hydrogen-bond donors (Lipinski definition) is 3. The molecule has 3 fully saturated rings. The Morgan fingerprint density at radius 3 is 2.36 bits per heavy atom. The maximum absolute atomic E-state index is 12.1. The van der Waals surface area contributed by atoms with E-state index in [2.05, 4.69) is 37.6 Å². The third-order valence-electron chi connectivity index (χ3n) is 8.49. The van der Waals surface area contributed by atoms with Gasteiger partial charge in [0.1, 0.15) is 5.82 Å². The molecule has 5 rings (SSSR count). The molecule has 3 amide bonds. The fourth-order valence-corrected chi connectivity index (χ4v) is 6.25. The Hall–Kier alpha value is -3.40. The average Bonchev–Trinajstić information content (AvgIpc) is 3.49. The first-order valence-corrected chi connectivity index (χ1v) is 14.4. The van der Waals surface area contributed by atoms with Crippen molar-refractivity contribution in [3.05, 3.63) is 41.7 Å². The monoisotopic (exact) mass is 534 g/mol. The summed E-state index contributed by atoms with van der Waals surface area (Å²) >= 11 is 0. The van der Waals surface area contributed by atoms with Gasteiger partial charge >= 0.3 is 6.03 Å². The normalized spacial score (nSPS) is 21.1. The van der Waals surface area contributed by atoms with Gasteiger partial charge in [-0.25, -0.2) is 14.8 Å². The minimum atomic E-state index is -0.628. The van der Waals surface area contributed by atoms with Crippen molar-refractivity contribution in [2.75, 3.05) is 50.5 Å². The standard InChI is InChI=1S/C29H42N8O2/c1-35(2)29(39)33-23-6-5-15-37(19-23)25-18-31-26(27(30)38)28(34-25)32-22-11-9-20(10-12-22)21-13-16-36(17-14-21)24-7-3-4-8-24/h9-12,18,21,23-24H,3-8,13-17,19H2,1-2H3,(H2,30,38)(H,32,34)(H,33,39). The molecule has 0 spiro atoms. The number of nitrogens with one attached hydrogen (secondary N) is 2. The van der Waals surface area contributed by atoms with E-state index in [1.807, 2.05) is 12.1 Å². The third kappa shape index (κ3) is 6.61. The van der Waals surface area contributed by atoms with Gasteiger partial charge in [0.05, 0.1) is 6.20 Å². The Morgan fingerprint density at radius 2 is 1.69 bits per heavy atom. The highest BCUT2D eigenvalue weighted by Gasteiger charge is 2.28. The third-order valence-corrected chi connectivity index (χ3v) is 8.49. The molecule has 1 atom stereocenters. The van der Waals surface area contributed by atoms with Gasteiger partial charge in [-0.1, -0.05) is 25.0 Å². The molecule has 2 saturated heterocycles. The van der Waals surface area contributed by atoms with Gasteiger partial charge in [0, 0.05) is 45.0 Å². The summed E-state index contributed by atoms with van der Waals surface area (Å²) in [6, 6.07) is 9.17. The van der Waals surface area contributed by atoms with E-state index in [1.165, 1.54) is 62.1 Å². The molecule has 10 nitrogen and oxygen atoms in total. The van der Waals surface area contributed by atoms with E-state index in [1.54, 1.807) is 20.3 Å². The molecule has 10 heteroatoms. The van der Waals surface area contributed by atoms with E-state index in [0.717, 1.165) is 31.1 Å². The largest absolute Gasteiger partial charge is 0.364 e. The van der Waals surface area contributed by atoms with E-state index in [0.29, 0.717) is 24.1 Å². The van der Waals surface area contributed by atoms with Crippen LogP contribution in [-0.2, 0) is 0 Å². The number of anilines is 3. The number of benzene rings is 1. The molecule has 2 aliphatic heterocycles. The summed E-state index contributed by atoms with van der Waals surface area (Å²) in [7, 11) is 3.46. The number of urea groups is 1. The van der Waals surface area contributed by atoms with Crippen molar-refractivity contribution in [3.8, 4) is 0 Å². The average molecular weight is 535 g/mol. The maximum atomic E-state index is 12.1. The van der Waals surface area contributed by atoms with Gasteiger partial charge in [0.2, 0.25) is 0 Å². The van der Waals surface area contributed by atoms with Crippen LogP contribution < -0.4 is 21.3 Å². The van der Waals surface area contributed by atoms with Crippen LogP contribution in [-0.4, -0.2) is 84.1 Å². The van der Waals surface area contributed by atoms with Crippen molar-refractivity contribution in [2.45, 2.75) is 69.4 Å². The zero-order chi connectivity index (χ0) is 27.4. The molecule has 1 aromatic heterocycles. The van der Waals surface area contributed by atoms with Crippen molar-refractivity contribution in [3.63, 3.8) is 0 Å². The first kappa shape index (κ1) is 27.2. The summed E-state index contributed by atoms with van der Waals surface area (Å²) in [5.74, 6) is 0.951. The fourth-order valence-electron chi connectivity index (χ4n) is 6.25. The second kappa shape index (κ2) is 12.2. The highest BCUT2D eigenvalue weighted by atomic mass is 16.2. The summed E-state index contributed by atoms with van der Waals surface area (Å²) in [6.07, 6.45) is 11.3. The van der Waals surface area contributed by atoms with Crippen LogP contribution >= 0.6 is 0 Å². The first-order valence-electron chi connectivity index (χ1n) is 14.4. The predicted octanol–water partition coefficient (Wildman–Crippen LogP) is 3.68. The topological polar surface area (TPSA) is 120 Å². The Morgan fingerprint density at radius 1 is 0.974 bits per heavy atom. The minimum absolute atomic E-state index is 0.0141. The molecule has 4 N–H and O–H groups in total. The van der Waals surface area contributed by atoms with Crippen LogP contribution in [0.4, 0.5) is 22.1 Å². The Kier molecular flexibility index (Phi) is 8.50. The molecule has 2 aromatic rings. The fraction of sp³-hybridized carbons (Fsp3) is 0.586. The molecule has 0 bridgehead atoms. The second-order valence-corrected chi connectivity index (χ2v) is 11.4. The quantitative estimate of drug-likeness (QED) is 0.496. The smallest absolute Gasteiger partial charge is 0.317 e. The number of piperidine rings is 2. The van der Waals surface area contributed by atoms with Crippen molar-refractivity contribution < 1.29 is 9.59 Å². The van der Waals surface area contributed by atoms with E-state index in [9.17, 15) is 9.59 Å². The summed E-state index contributed by atoms with van der Waals surface area (Å²) in [6.45, 7) is 3.80. The van der Waals surface area contributed by atoms with Gasteiger partial charge < -0.3 is 31.1 Å². The lowest BCUT2D eigenvalue weighted by molar-refractivity contribution is 0.0996. The van der Waals surface area contributed by atoms with Crippen molar-refractivity contribution >= 4 is 29.3 Å². The van der Waals surface area contributed by atoms with Gasteiger partial charge in [-0.05, 0) is 75.2 Å². The molecule has 0 radical (unpaired) electrons. The van der Waals surface area contributed by atoms with Gasteiger partial charge in [-0.3, -0.25) is 4.79 Å². The highest BCUT2D eigenvalue weighted by molar-refractivity contribution is 5.96. The zero-order valence-electron chi connectivity index (χ0n) is 23.2. The van der Waals surface area contributed by atoms with Crippen molar-refractivity contribution in [1.82, 2.24) is 25.1 Å². The van der Waals surface area contributed by atoms with Crippen molar-refractivity contribution in [1.29, 1.82) is 0 Å². The van der Waals surface area contributed by atoms with Gasteiger partial charge in [-0.15, -0.1) is 0 Å². The van der Waals surface area contributed by atoms with Crippen molar-refractivity contribution in [2.24, 2.45) is 5.73 Å². The van der Waals surface area contributed by atoms with Crippen LogP contribution in [0.5, 0.6) is 0 Å². The van der Waals surface area contributed by atoms with Crippen LogP contribution in [0, 0.1) is 0 Å². The Bertz CT molecular complexity index is 1140. The lowest BCUT2D eigenvalue weighted by atomic mass is 9.88. The van der Waals surface area contributed by atoms with E-state index in [4.69, 9.17) is 10.7 Å². The van der Waals surface area contributed by atoms with Crippen LogP contribution in [0.1, 0.15) is 73.3 Å². The van der Waals surface area contributed by atoms with Crippen LogP contribution in [0.2, 0.25) is 0 Å². The number of amides is 3. The molecule has 1 aromatic carbocycles. The number of aromatic nitrogens is 2. The zero-order valence-corrected chi connectivity index (χ0v) is 23.2. The Labute approximate surface area is 231 Å². The van der Waals surface area contributed by atoms with Crippen LogP contribution in [0.25, 0.3) is 0 Å². The van der Waals surface area contributed by atoms with Gasteiger partial charge in [0.15, 0.2) is 11.5 Å². The molecule has 39 heavy (non-hydrogen) atoms. The minimum Gasteiger partial charge on any atom is -0.364 e. The summed E-state index contributed by atoms with van der Waals surface area (Å²) < 4.78 is 0. The molecule has 210 valence electrons. The second-order valence-electron chi connectivity index (χ2n) is 11.4. The van der Waals surface area contributed by atoms with Crippen LogP contribution in [0.3, 0.4) is 0 Å². The lowest BCUT2D eigenvalue weighted by Crippen LogP contribution is -2.50. The predicted molar refractivity (Wildman–Crippen MR) is 154 cm³/mol. The summed E-state index contributed by atoms with van der Waals surface area (Å²) in [5.41, 5.74) is 7.94. The maximum Gasteiger partial charge on any atom is 0.317 e. The van der Waals surface area contributed by atoms with E-state index in [-0.39, 0.29) is 17.8 Å². The number of likely N-dealkylation sites (tertiary alicyclic amines) is 1. The number of carbonyl (C=O) groups is 2. The number of nitrogens with zero attached hydrogens (tertiary/aromatic N) is 5. The summed E-state index contributed by atoms with van der Waals surface area (Å²) in [4.78, 5) is 39.7. The first-order chi connectivity index (χ1) is 18.9. The Balaban J connectivity index is 1.24. The molecule has 1 unspecified atom stereocenters. The molecule has 1 aliphatic carbocycles. The molecular formula is C29H42N8O2. The summed E-state index contributed by atoms with van der Waals surface area (Å²) in [5, 5.41) is 6.34. The number of nitrogens with two attached hydrogens (primary N) is 1. The van der Waals surface area contributed by atoms with Gasteiger partial charge in [-0.2, -0.15) is 0 Å². The number of rotatable bonds is 7. The molecular weight excluding hydrogens is 492 g/mol. The number of hydrogen-bond acceptors (Lipinski definition) is 7. The SMILES string of the molecule is CN(C)C(=O)NC1CCCN(c2cnc(C(N)=O)c(Nc3ccc(C4CCN(C5CCCC5)CC4)cc3)n2)C1. The van der Waals surface area contributed by atoms with E-state index >= 15 is 0 Å². The number of carbonyl (C=O) groups excluding carboxylic acids is 2. The molecule has 1 saturated carbocycles. The van der Waals surface area contributed by atoms with Crippen LogP contribution in [0.15, 0.2) is 30.5 Å². The number of primary amides is 1. The highest BCUT2D eigenvalue weighted by Crippen LogP contribution is 2.33. The molecule has 3 heterocycles. The van der Waals surface area contributed by atoms with E-state index < -0.39 is 5.91 Å².